The van der Waals surface area contributed by atoms with Gasteiger partial charge in [-0.25, -0.2) is 0 Å². The second-order valence-electron chi connectivity index (χ2n) is 7.39. The van der Waals surface area contributed by atoms with Crippen molar-refractivity contribution in [1.82, 2.24) is 15.1 Å². The fourth-order valence-electron chi connectivity index (χ4n) is 3.88. The predicted octanol–water partition coefficient (Wildman–Crippen LogP) is 2.32. The maximum atomic E-state index is 3.71. The molecule has 3 fully saturated rings. The lowest BCUT2D eigenvalue weighted by Gasteiger charge is -2.36. The number of piperidine rings is 2. The predicted molar refractivity (Wildman–Crippen MR) is 85.1 cm³/mol. The second kappa shape index (κ2) is 7.24. The first-order valence-corrected chi connectivity index (χ1v) is 8.97. The van der Waals surface area contributed by atoms with Crippen LogP contribution in [0.4, 0.5) is 0 Å². The van der Waals surface area contributed by atoms with E-state index in [1.165, 1.54) is 84.1 Å². The van der Waals surface area contributed by atoms with E-state index in [0.717, 1.165) is 18.0 Å². The topological polar surface area (TPSA) is 18.5 Å². The Balaban J connectivity index is 1.29. The summed E-state index contributed by atoms with van der Waals surface area (Å²) in [6.45, 7) is 6.61. The van der Waals surface area contributed by atoms with Gasteiger partial charge in [-0.15, -0.1) is 0 Å². The summed E-state index contributed by atoms with van der Waals surface area (Å²) in [5.41, 5.74) is 0. The minimum absolute atomic E-state index is 0.859. The molecule has 1 atom stereocenters. The van der Waals surface area contributed by atoms with Crippen LogP contribution in [-0.4, -0.2) is 61.7 Å². The molecule has 20 heavy (non-hydrogen) atoms. The van der Waals surface area contributed by atoms with Gasteiger partial charge in [0.05, 0.1) is 0 Å². The van der Waals surface area contributed by atoms with E-state index in [1.807, 2.05) is 0 Å². The molecule has 1 saturated carbocycles. The van der Waals surface area contributed by atoms with Gasteiger partial charge in [-0.1, -0.05) is 6.42 Å². The summed E-state index contributed by atoms with van der Waals surface area (Å²) in [5, 5.41) is 3.71. The summed E-state index contributed by atoms with van der Waals surface area (Å²) in [4.78, 5) is 5.31. The molecule has 3 aliphatic rings. The van der Waals surface area contributed by atoms with Crippen LogP contribution in [0.2, 0.25) is 0 Å². The third-order valence-electron chi connectivity index (χ3n) is 5.68. The smallest absolute Gasteiger partial charge is 0.0104 e. The molecular weight excluding hydrogens is 246 g/mol. The van der Waals surface area contributed by atoms with Crippen molar-refractivity contribution in [2.45, 2.75) is 63.5 Å². The highest BCUT2D eigenvalue weighted by atomic mass is 15.2. The van der Waals surface area contributed by atoms with Gasteiger partial charge in [-0.3, -0.25) is 0 Å². The van der Waals surface area contributed by atoms with E-state index in [9.17, 15) is 0 Å². The lowest BCUT2D eigenvalue weighted by Crippen LogP contribution is -2.42. The zero-order chi connectivity index (χ0) is 13.8. The highest BCUT2D eigenvalue weighted by Crippen LogP contribution is 2.23. The van der Waals surface area contributed by atoms with Gasteiger partial charge < -0.3 is 15.1 Å². The molecule has 0 aromatic heterocycles. The van der Waals surface area contributed by atoms with Crippen molar-refractivity contribution < 1.29 is 0 Å². The first kappa shape index (κ1) is 14.8. The number of rotatable bonds is 6. The molecule has 0 bridgehead atoms. The molecule has 3 rings (SSSR count). The fourth-order valence-corrected chi connectivity index (χ4v) is 3.88. The number of hydrogen-bond donors (Lipinski definition) is 1. The third-order valence-corrected chi connectivity index (χ3v) is 5.68. The maximum Gasteiger partial charge on any atom is 0.0104 e. The van der Waals surface area contributed by atoms with Gasteiger partial charge in [0.25, 0.3) is 0 Å². The Labute approximate surface area is 125 Å². The van der Waals surface area contributed by atoms with Crippen molar-refractivity contribution in [1.29, 1.82) is 0 Å². The van der Waals surface area contributed by atoms with E-state index in [-0.39, 0.29) is 0 Å². The molecule has 2 aliphatic heterocycles. The number of hydrogen-bond acceptors (Lipinski definition) is 3. The van der Waals surface area contributed by atoms with Crippen LogP contribution in [0.5, 0.6) is 0 Å². The van der Waals surface area contributed by atoms with Gasteiger partial charge in [0, 0.05) is 12.1 Å². The Morgan fingerprint density at radius 2 is 1.75 bits per heavy atom. The summed E-state index contributed by atoms with van der Waals surface area (Å²) in [6, 6.07) is 1.74. The summed E-state index contributed by atoms with van der Waals surface area (Å²) in [6.07, 6.45) is 11.4. The van der Waals surface area contributed by atoms with E-state index in [0.29, 0.717) is 0 Å². The SMILES string of the molecule is CN1CCCCC1CCN1CCC(CNC2CC2)CC1. The summed E-state index contributed by atoms with van der Waals surface area (Å²) < 4.78 is 0. The molecule has 2 saturated heterocycles. The molecule has 1 N–H and O–H groups in total. The molecule has 0 aromatic rings. The first-order valence-electron chi connectivity index (χ1n) is 8.97. The molecule has 2 heterocycles. The van der Waals surface area contributed by atoms with Gasteiger partial charge in [0.2, 0.25) is 0 Å². The van der Waals surface area contributed by atoms with Crippen molar-refractivity contribution in [3.63, 3.8) is 0 Å². The summed E-state index contributed by atoms with van der Waals surface area (Å²) in [5.74, 6) is 0.948. The zero-order valence-corrected chi connectivity index (χ0v) is 13.3. The van der Waals surface area contributed by atoms with Crippen molar-refractivity contribution in [3.8, 4) is 0 Å². The molecule has 1 unspecified atom stereocenters. The van der Waals surface area contributed by atoms with Crippen molar-refractivity contribution in [3.05, 3.63) is 0 Å². The molecule has 0 aromatic carbocycles. The van der Waals surface area contributed by atoms with Crippen LogP contribution in [0.3, 0.4) is 0 Å². The van der Waals surface area contributed by atoms with Crippen LogP contribution >= 0.6 is 0 Å². The summed E-state index contributed by atoms with van der Waals surface area (Å²) in [7, 11) is 2.32. The van der Waals surface area contributed by atoms with Crippen LogP contribution in [0.1, 0.15) is 51.4 Å². The molecule has 0 spiro atoms. The van der Waals surface area contributed by atoms with Crippen molar-refractivity contribution >= 4 is 0 Å². The normalized spacial score (nSPS) is 30.8. The van der Waals surface area contributed by atoms with Gasteiger partial charge in [-0.05, 0) is 90.6 Å². The highest BCUT2D eigenvalue weighted by molar-refractivity contribution is 4.83. The lowest BCUT2D eigenvalue weighted by molar-refractivity contribution is 0.133. The molecule has 3 heteroatoms. The van der Waals surface area contributed by atoms with Crippen molar-refractivity contribution in [2.24, 2.45) is 5.92 Å². The Bertz CT molecular complexity index is 282. The Hall–Kier alpha value is -0.120. The molecule has 3 nitrogen and oxygen atoms in total. The van der Waals surface area contributed by atoms with Gasteiger partial charge in [0.1, 0.15) is 0 Å². The minimum Gasteiger partial charge on any atom is -0.314 e. The average molecular weight is 279 g/mol. The molecule has 116 valence electrons. The quantitative estimate of drug-likeness (QED) is 0.805. The molecule has 0 amide bonds. The Morgan fingerprint density at radius 3 is 2.45 bits per heavy atom. The van der Waals surface area contributed by atoms with E-state index in [1.54, 1.807) is 0 Å². The minimum atomic E-state index is 0.859. The number of nitrogens with zero attached hydrogens (tertiary/aromatic N) is 2. The number of nitrogens with one attached hydrogen (secondary N) is 1. The van der Waals surface area contributed by atoms with Crippen LogP contribution in [0.15, 0.2) is 0 Å². The van der Waals surface area contributed by atoms with E-state index in [4.69, 9.17) is 0 Å². The van der Waals surface area contributed by atoms with Crippen LogP contribution < -0.4 is 5.32 Å². The highest BCUT2D eigenvalue weighted by Gasteiger charge is 2.25. The lowest BCUT2D eigenvalue weighted by atomic mass is 9.95. The standard InChI is InChI=1S/C17H33N3/c1-19-10-3-2-4-17(19)9-13-20-11-7-15(8-12-20)14-18-16-5-6-16/h15-18H,2-14H2,1H3. The monoisotopic (exact) mass is 279 g/mol. The van der Waals surface area contributed by atoms with E-state index < -0.39 is 0 Å². The van der Waals surface area contributed by atoms with Gasteiger partial charge in [-0.2, -0.15) is 0 Å². The van der Waals surface area contributed by atoms with E-state index in [2.05, 4.69) is 22.2 Å². The third kappa shape index (κ3) is 4.44. The second-order valence-corrected chi connectivity index (χ2v) is 7.39. The average Bonchev–Trinajstić information content (AvgIpc) is 3.30. The molecule has 1 aliphatic carbocycles. The van der Waals surface area contributed by atoms with Crippen LogP contribution in [0, 0.1) is 5.92 Å². The fraction of sp³-hybridized carbons (Fsp3) is 1.00. The molecular formula is C17H33N3. The van der Waals surface area contributed by atoms with Gasteiger partial charge >= 0.3 is 0 Å². The first-order chi connectivity index (χ1) is 9.81. The molecule has 0 radical (unpaired) electrons. The van der Waals surface area contributed by atoms with Gasteiger partial charge in [0.15, 0.2) is 0 Å². The largest absolute Gasteiger partial charge is 0.314 e. The van der Waals surface area contributed by atoms with Crippen LogP contribution in [0.25, 0.3) is 0 Å². The van der Waals surface area contributed by atoms with E-state index >= 15 is 0 Å². The Morgan fingerprint density at radius 1 is 0.950 bits per heavy atom. The number of likely N-dealkylation sites (tertiary alicyclic amines) is 2. The zero-order valence-electron chi connectivity index (χ0n) is 13.3. The summed E-state index contributed by atoms with van der Waals surface area (Å²) >= 11 is 0. The Kier molecular flexibility index (Phi) is 5.36. The van der Waals surface area contributed by atoms with Crippen LogP contribution in [-0.2, 0) is 0 Å². The maximum absolute atomic E-state index is 3.71. The van der Waals surface area contributed by atoms with Crippen molar-refractivity contribution in [2.75, 3.05) is 39.8 Å².